The minimum absolute atomic E-state index is 0.0134. The van der Waals surface area contributed by atoms with Crippen LogP contribution in [0.25, 0.3) is 12.2 Å². The van der Waals surface area contributed by atoms with Crippen LogP contribution in [0, 0.1) is 0 Å². The SMILES string of the molecule is C[N+](C)(C)CCOP(=O)([O-])OCC(O)CO.Oc1ccc(/C=C/c2cc(O)cc(O)c2)cc1. The average Bonchev–Trinajstić information content (AvgIpc) is 2.70. The Morgan fingerprint density at radius 2 is 1.48 bits per heavy atom. The van der Waals surface area contributed by atoms with E-state index in [0.717, 1.165) is 5.56 Å². The van der Waals surface area contributed by atoms with E-state index in [9.17, 15) is 19.7 Å². The van der Waals surface area contributed by atoms with Crippen LogP contribution in [-0.2, 0) is 13.6 Å². The first-order valence-corrected chi connectivity index (χ1v) is 11.5. The number of hydrogen-bond acceptors (Lipinski definition) is 9. The van der Waals surface area contributed by atoms with Crippen LogP contribution >= 0.6 is 7.82 Å². The Labute approximate surface area is 193 Å². The van der Waals surface area contributed by atoms with E-state index in [4.69, 9.17) is 15.3 Å². The highest BCUT2D eigenvalue weighted by Gasteiger charge is 2.15. The van der Waals surface area contributed by atoms with Crippen molar-refractivity contribution in [1.82, 2.24) is 0 Å². The summed E-state index contributed by atoms with van der Waals surface area (Å²) in [5, 5.41) is 45.1. The number of quaternary nitrogens is 1. The number of hydrogen-bond donors (Lipinski definition) is 5. The average molecular weight is 485 g/mol. The normalized spacial score (nSPS) is 14.4. The molecule has 184 valence electrons. The van der Waals surface area contributed by atoms with E-state index in [1.54, 1.807) is 42.5 Å². The summed E-state index contributed by atoms with van der Waals surface area (Å²) in [7, 11) is 1.32. The molecule has 0 saturated carbocycles. The standard InChI is InChI=1S/C14H12O3.C8H20NO6P/c15-12-5-3-10(4-6-12)1-2-11-7-13(16)9-14(17)8-11;1-9(2,3)4-5-14-16(12,13)15-7-8(11)6-10/h1-9,15-17H;8,10-11H,4-7H2,1-3H3/b2-1+;. The van der Waals surface area contributed by atoms with Crippen LogP contribution in [0.5, 0.6) is 17.2 Å². The quantitative estimate of drug-likeness (QED) is 0.191. The number of phenols is 3. The smallest absolute Gasteiger partial charge is 0.268 e. The highest BCUT2D eigenvalue weighted by molar-refractivity contribution is 7.45. The molecule has 11 heteroatoms. The maximum absolute atomic E-state index is 11.1. The molecule has 0 aliphatic rings. The van der Waals surface area contributed by atoms with Crippen LogP contribution in [0.2, 0.25) is 0 Å². The summed E-state index contributed by atoms with van der Waals surface area (Å²) < 4.78 is 20.6. The van der Waals surface area contributed by atoms with Crippen LogP contribution in [0.15, 0.2) is 42.5 Å². The van der Waals surface area contributed by atoms with Gasteiger partial charge in [-0.15, -0.1) is 0 Å². The first kappa shape index (κ1) is 28.6. The van der Waals surface area contributed by atoms with E-state index in [-0.39, 0.29) is 23.9 Å². The fourth-order valence-electron chi connectivity index (χ4n) is 2.19. The van der Waals surface area contributed by atoms with Crippen molar-refractivity contribution in [2.75, 3.05) is 47.5 Å². The lowest BCUT2D eigenvalue weighted by Gasteiger charge is -2.27. The number of aromatic hydroxyl groups is 3. The molecule has 2 unspecified atom stereocenters. The molecule has 0 amide bonds. The summed E-state index contributed by atoms with van der Waals surface area (Å²) in [4.78, 5) is 11.1. The topological polar surface area (TPSA) is 160 Å². The summed E-state index contributed by atoms with van der Waals surface area (Å²) in [6.45, 7) is -0.530. The molecule has 33 heavy (non-hydrogen) atoms. The van der Waals surface area contributed by atoms with Gasteiger partial charge >= 0.3 is 0 Å². The van der Waals surface area contributed by atoms with Gasteiger partial charge in [0, 0.05) is 6.07 Å². The molecule has 2 aromatic rings. The molecule has 0 radical (unpaired) electrons. The molecular formula is C22H32NO9P. The van der Waals surface area contributed by atoms with Crippen molar-refractivity contribution < 1.29 is 48.5 Å². The predicted octanol–water partition coefficient (Wildman–Crippen LogP) is 1.52. The Morgan fingerprint density at radius 1 is 0.939 bits per heavy atom. The van der Waals surface area contributed by atoms with Gasteiger partial charge in [0.15, 0.2) is 0 Å². The Morgan fingerprint density at radius 3 is 2.00 bits per heavy atom. The predicted molar refractivity (Wildman–Crippen MR) is 122 cm³/mol. The molecule has 0 spiro atoms. The molecule has 0 bridgehead atoms. The number of phosphoric ester groups is 1. The zero-order valence-corrected chi connectivity index (χ0v) is 19.8. The summed E-state index contributed by atoms with van der Waals surface area (Å²) in [6, 6.07) is 11.1. The molecule has 0 heterocycles. The zero-order valence-electron chi connectivity index (χ0n) is 18.9. The molecule has 2 rings (SSSR count). The number of aliphatic hydroxyl groups excluding tert-OH is 2. The molecular weight excluding hydrogens is 453 g/mol. The van der Waals surface area contributed by atoms with Gasteiger partial charge in [-0.25, -0.2) is 0 Å². The van der Waals surface area contributed by atoms with Gasteiger partial charge in [0.1, 0.15) is 36.5 Å². The van der Waals surface area contributed by atoms with E-state index in [1.807, 2.05) is 27.2 Å². The summed E-state index contributed by atoms with van der Waals surface area (Å²) in [5.74, 6) is 0.267. The van der Waals surface area contributed by atoms with E-state index in [2.05, 4.69) is 9.05 Å². The first-order valence-electron chi connectivity index (χ1n) is 9.99. The second-order valence-corrected chi connectivity index (χ2v) is 9.54. The molecule has 10 nitrogen and oxygen atoms in total. The highest BCUT2D eigenvalue weighted by atomic mass is 31.2. The number of likely N-dealkylation sites (N-methyl/N-ethyl adjacent to an activating group) is 1. The largest absolute Gasteiger partial charge is 0.756 e. The molecule has 2 atom stereocenters. The lowest BCUT2D eigenvalue weighted by molar-refractivity contribution is -0.870. The van der Waals surface area contributed by atoms with Gasteiger partial charge in [0.05, 0.1) is 34.4 Å². The van der Waals surface area contributed by atoms with Gasteiger partial charge in [-0.2, -0.15) is 0 Å². The Hall–Kier alpha value is -2.43. The molecule has 0 saturated heterocycles. The zero-order chi connectivity index (χ0) is 25.1. The van der Waals surface area contributed by atoms with Gasteiger partial charge in [-0.05, 0) is 35.4 Å². The molecule has 0 aromatic heterocycles. The van der Waals surface area contributed by atoms with E-state index in [1.165, 1.54) is 6.07 Å². The minimum atomic E-state index is -4.38. The van der Waals surface area contributed by atoms with Crippen LogP contribution in [0.1, 0.15) is 11.1 Å². The number of nitrogens with zero attached hydrogens (tertiary/aromatic N) is 1. The van der Waals surface area contributed by atoms with Gasteiger partial charge < -0.3 is 44.0 Å². The summed E-state index contributed by atoms with van der Waals surface area (Å²) >= 11 is 0. The first-order chi connectivity index (χ1) is 15.3. The lowest BCUT2D eigenvalue weighted by atomic mass is 10.1. The third-order valence-corrected chi connectivity index (χ3v) is 4.90. The van der Waals surface area contributed by atoms with Gasteiger partial charge in [-0.1, -0.05) is 24.3 Å². The van der Waals surface area contributed by atoms with Crippen LogP contribution in [-0.4, -0.2) is 83.6 Å². The number of phenolic OH excluding ortho intramolecular Hbond substituents is 3. The van der Waals surface area contributed by atoms with E-state index in [0.29, 0.717) is 16.6 Å². The third-order valence-electron chi connectivity index (χ3n) is 3.93. The summed E-state index contributed by atoms with van der Waals surface area (Å²) in [6.07, 6.45) is 2.38. The van der Waals surface area contributed by atoms with E-state index >= 15 is 0 Å². The van der Waals surface area contributed by atoms with Crippen molar-refractivity contribution in [2.45, 2.75) is 6.10 Å². The van der Waals surface area contributed by atoms with Crippen molar-refractivity contribution >= 4 is 20.0 Å². The van der Waals surface area contributed by atoms with Crippen LogP contribution < -0.4 is 4.89 Å². The fourth-order valence-corrected chi connectivity index (χ4v) is 2.92. The highest BCUT2D eigenvalue weighted by Crippen LogP contribution is 2.38. The minimum Gasteiger partial charge on any atom is -0.756 e. The third kappa shape index (κ3) is 13.7. The maximum Gasteiger partial charge on any atom is 0.268 e. The molecule has 0 aliphatic carbocycles. The van der Waals surface area contributed by atoms with Crippen molar-refractivity contribution in [3.63, 3.8) is 0 Å². The van der Waals surface area contributed by atoms with Gasteiger partial charge in [0.2, 0.25) is 0 Å². The molecule has 0 aliphatic heterocycles. The van der Waals surface area contributed by atoms with E-state index < -0.39 is 27.1 Å². The monoisotopic (exact) mass is 485 g/mol. The second kappa shape index (κ2) is 13.3. The van der Waals surface area contributed by atoms with Crippen molar-refractivity contribution in [3.05, 3.63) is 53.6 Å². The summed E-state index contributed by atoms with van der Waals surface area (Å²) in [5.41, 5.74) is 1.63. The van der Waals surface area contributed by atoms with Crippen LogP contribution in [0.4, 0.5) is 0 Å². The maximum atomic E-state index is 11.1. The van der Waals surface area contributed by atoms with Crippen molar-refractivity contribution in [3.8, 4) is 17.2 Å². The Kier molecular flexibility index (Phi) is 11.5. The van der Waals surface area contributed by atoms with Crippen LogP contribution in [0.3, 0.4) is 0 Å². The number of benzene rings is 2. The number of phosphoric acid groups is 1. The number of rotatable bonds is 10. The fraction of sp³-hybridized carbons (Fsp3) is 0.364. The second-order valence-electron chi connectivity index (χ2n) is 8.13. The van der Waals surface area contributed by atoms with Crippen molar-refractivity contribution in [1.29, 1.82) is 0 Å². The lowest BCUT2D eigenvalue weighted by Crippen LogP contribution is -2.37. The molecule has 5 N–H and O–H groups in total. The Balaban J connectivity index is 0.000000331. The number of aliphatic hydroxyl groups is 2. The van der Waals surface area contributed by atoms with Crippen molar-refractivity contribution in [2.24, 2.45) is 0 Å². The Bertz CT molecular complexity index is 906. The molecule has 2 aromatic carbocycles. The molecule has 0 fully saturated rings. The van der Waals surface area contributed by atoms with Gasteiger partial charge in [-0.3, -0.25) is 4.57 Å². The van der Waals surface area contributed by atoms with Gasteiger partial charge in [0.25, 0.3) is 7.82 Å².